The molecule has 1 heterocycles. The molecule has 0 radical (unpaired) electrons. The summed E-state index contributed by atoms with van der Waals surface area (Å²) in [6, 6.07) is 6.44. The first kappa shape index (κ1) is 17.6. The standard InChI is InChI=1S/C16H17N3O4S/c1-3-23-15(22)11-4-6-12(7-5-11)18-14(21)8-13-9-24-16(19-13)17-10(2)20/h4-7,9H,3,8H2,1-2H3,(H,18,21)(H,17,19,20). The van der Waals surface area contributed by atoms with Gasteiger partial charge in [-0.3, -0.25) is 9.59 Å². The zero-order valence-electron chi connectivity index (χ0n) is 13.3. The van der Waals surface area contributed by atoms with Gasteiger partial charge in [-0.2, -0.15) is 0 Å². The van der Waals surface area contributed by atoms with Gasteiger partial charge in [0.15, 0.2) is 5.13 Å². The SMILES string of the molecule is CCOC(=O)c1ccc(NC(=O)Cc2csc(NC(C)=O)n2)cc1. The summed E-state index contributed by atoms with van der Waals surface area (Å²) in [6.45, 7) is 3.45. The van der Waals surface area contributed by atoms with Crippen LogP contribution >= 0.6 is 11.3 Å². The number of ether oxygens (including phenoxy) is 1. The van der Waals surface area contributed by atoms with Gasteiger partial charge < -0.3 is 15.4 Å². The molecule has 0 aliphatic heterocycles. The minimum atomic E-state index is -0.400. The first-order chi connectivity index (χ1) is 11.5. The van der Waals surface area contributed by atoms with Gasteiger partial charge in [-0.15, -0.1) is 11.3 Å². The number of rotatable bonds is 6. The molecule has 1 aromatic carbocycles. The number of thiazole rings is 1. The maximum atomic E-state index is 12.0. The van der Waals surface area contributed by atoms with E-state index in [1.165, 1.54) is 18.3 Å². The van der Waals surface area contributed by atoms with E-state index in [-0.39, 0.29) is 18.2 Å². The Morgan fingerprint density at radius 3 is 2.50 bits per heavy atom. The van der Waals surface area contributed by atoms with E-state index in [1.807, 2.05) is 0 Å². The molecule has 126 valence electrons. The predicted molar refractivity (Wildman–Crippen MR) is 91.1 cm³/mol. The van der Waals surface area contributed by atoms with E-state index in [9.17, 15) is 14.4 Å². The fourth-order valence-corrected chi connectivity index (χ4v) is 2.63. The van der Waals surface area contributed by atoms with Gasteiger partial charge >= 0.3 is 5.97 Å². The Morgan fingerprint density at radius 1 is 1.17 bits per heavy atom. The molecule has 0 bridgehead atoms. The number of carbonyl (C=O) groups is 3. The van der Waals surface area contributed by atoms with Gasteiger partial charge in [-0.1, -0.05) is 0 Å². The van der Waals surface area contributed by atoms with Crippen molar-refractivity contribution in [3.05, 3.63) is 40.9 Å². The molecular weight excluding hydrogens is 330 g/mol. The molecule has 0 unspecified atom stereocenters. The highest BCUT2D eigenvalue weighted by molar-refractivity contribution is 7.13. The molecule has 2 N–H and O–H groups in total. The maximum Gasteiger partial charge on any atom is 0.338 e. The molecule has 0 atom stereocenters. The van der Waals surface area contributed by atoms with Crippen LogP contribution in [0.2, 0.25) is 0 Å². The molecule has 0 aliphatic carbocycles. The summed E-state index contributed by atoms with van der Waals surface area (Å²) in [5, 5.41) is 7.47. The first-order valence-electron chi connectivity index (χ1n) is 7.27. The highest BCUT2D eigenvalue weighted by Gasteiger charge is 2.10. The average molecular weight is 347 g/mol. The Hall–Kier alpha value is -2.74. The number of anilines is 2. The summed E-state index contributed by atoms with van der Waals surface area (Å²) in [7, 11) is 0. The van der Waals surface area contributed by atoms with Gasteiger partial charge in [0.2, 0.25) is 11.8 Å². The van der Waals surface area contributed by atoms with Crippen molar-refractivity contribution in [3.8, 4) is 0 Å². The van der Waals surface area contributed by atoms with Crippen LogP contribution in [0.5, 0.6) is 0 Å². The second-order valence-electron chi connectivity index (χ2n) is 4.85. The largest absolute Gasteiger partial charge is 0.462 e. The van der Waals surface area contributed by atoms with Crippen molar-refractivity contribution in [1.29, 1.82) is 0 Å². The van der Waals surface area contributed by atoms with E-state index in [0.29, 0.717) is 28.7 Å². The summed E-state index contributed by atoms with van der Waals surface area (Å²) >= 11 is 1.26. The van der Waals surface area contributed by atoms with Gasteiger partial charge in [-0.05, 0) is 31.2 Å². The molecule has 8 heteroatoms. The number of carbonyl (C=O) groups excluding carboxylic acids is 3. The predicted octanol–water partition coefficient (Wildman–Crippen LogP) is 2.46. The summed E-state index contributed by atoms with van der Waals surface area (Å²) in [6.07, 6.45) is 0.0930. The van der Waals surface area contributed by atoms with E-state index in [2.05, 4.69) is 15.6 Å². The smallest absolute Gasteiger partial charge is 0.338 e. The van der Waals surface area contributed by atoms with Crippen molar-refractivity contribution < 1.29 is 19.1 Å². The quantitative estimate of drug-likeness (QED) is 0.782. The van der Waals surface area contributed by atoms with Gasteiger partial charge in [0, 0.05) is 18.0 Å². The highest BCUT2D eigenvalue weighted by Crippen LogP contribution is 2.16. The molecule has 2 rings (SSSR count). The Kier molecular flexibility index (Phi) is 6.02. The first-order valence-corrected chi connectivity index (χ1v) is 8.15. The Bertz CT molecular complexity index is 740. The van der Waals surface area contributed by atoms with Crippen molar-refractivity contribution in [3.63, 3.8) is 0 Å². The van der Waals surface area contributed by atoms with Crippen molar-refractivity contribution >= 4 is 39.9 Å². The molecule has 0 fully saturated rings. The lowest BCUT2D eigenvalue weighted by atomic mass is 10.2. The molecule has 0 spiro atoms. The van der Waals surface area contributed by atoms with Crippen molar-refractivity contribution in [1.82, 2.24) is 4.98 Å². The lowest BCUT2D eigenvalue weighted by Crippen LogP contribution is -2.15. The number of benzene rings is 1. The minimum absolute atomic E-state index is 0.0930. The normalized spacial score (nSPS) is 10.1. The average Bonchev–Trinajstić information content (AvgIpc) is 2.94. The van der Waals surface area contributed by atoms with E-state index in [1.54, 1.807) is 36.6 Å². The van der Waals surface area contributed by atoms with E-state index in [0.717, 1.165) is 0 Å². The van der Waals surface area contributed by atoms with Crippen LogP contribution in [0.3, 0.4) is 0 Å². The Labute approximate surface area is 143 Å². The molecule has 0 saturated carbocycles. The summed E-state index contributed by atoms with van der Waals surface area (Å²) in [5.41, 5.74) is 1.57. The number of esters is 1. The Morgan fingerprint density at radius 2 is 1.88 bits per heavy atom. The summed E-state index contributed by atoms with van der Waals surface area (Å²) < 4.78 is 4.89. The number of amides is 2. The van der Waals surface area contributed by atoms with Crippen molar-refractivity contribution in [2.75, 3.05) is 17.2 Å². The molecule has 1 aromatic heterocycles. The topological polar surface area (TPSA) is 97.4 Å². The van der Waals surface area contributed by atoms with Crippen LogP contribution in [0.25, 0.3) is 0 Å². The fourth-order valence-electron chi connectivity index (χ4n) is 1.87. The number of nitrogens with one attached hydrogen (secondary N) is 2. The van der Waals surface area contributed by atoms with E-state index < -0.39 is 5.97 Å². The monoisotopic (exact) mass is 347 g/mol. The van der Waals surface area contributed by atoms with Gasteiger partial charge in [-0.25, -0.2) is 9.78 Å². The fraction of sp³-hybridized carbons (Fsp3) is 0.250. The Balaban J connectivity index is 1.91. The molecule has 0 aliphatic rings. The summed E-state index contributed by atoms with van der Waals surface area (Å²) in [5.74, 6) is -0.844. The van der Waals surface area contributed by atoms with Gasteiger partial charge in [0.05, 0.1) is 24.3 Å². The van der Waals surface area contributed by atoms with E-state index >= 15 is 0 Å². The number of hydrogen-bond acceptors (Lipinski definition) is 6. The van der Waals surface area contributed by atoms with Gasteiger partial charge in [0.25, 0.3) is 0 Å². The zero-order valence-corrected chi connectivity index (χ0v) is 14.1. The third-order valence-corrected chi connectivity index (χ3v) is 3.66. The van der Waals surface area contributed by atoms with Crippen LogP contribution in [0, 0.1) is 0 Å². The third kappa shape index (κ3) is 5.17. The van der Waals surface area contributed by atoms with Crippen LogP contribution in [0.4, 0.5) is 10.8 Å². The second kappa shape index (κ2) is 8.21. The molecule has 0 saturated heterocycles. The van der Waals surface area contributed by atoms with Crippen LogP contribution in [-0.4, -0.2) is 29.4 Å². The van der Waals surface area contributed by atoms with Gasteiger partial charge in [0.1, 0.15) is 0 Å². The summed E-state index contributed by atoms with van der Waals surface area (Å²) in [4.78, 5) is 38.7. The molecule has 2 aromatic rings. The van der Waals surface area contributed by atoms with Crippen LogP contribution in [0.15, 0.2) is 29.6 Å². The van der Waals surface area contributed by atoms with Crippen LogP contribution < -0.4 is 10.6 Å². The zero-order chi connectivity index (χ0) is 17.5. The lowest BCUT2D eigenvalue weighted by molar-refractivity contribution is -0.116. The van der Waals surface area contributed by atoms with Crippen molar-refractivity contribution in [2.24, 2.45) is 0 Å². The minimum Gasteiger partial charge on any atom is -0.462 e. The number of hydrogen-bond donors (Lipinski definition) is 2. The van der Waals surface area contributed by atoms with Crippen LogP contribution in [0.1, 0.15) is 29.9 Å². The molecule has 7 nitrogen and oxygen atoms in total. The number of nitrogens with zero attached hydrogens (tertiary/aromatic N) is 1. The third-order valence-electron chi connectivity index (χ3n) is 2.86. The van der Waals surface area contributed by atoms with Crippen LogP contribution in [-0.2, 0) is 20.7 Å². The molecule has 2 amide bonds. The second-order valence-corrected chi connectivity index (χ2v) is 5.71. The van der Waals surface area contributed by atoms with Crippen molar-refractivity contribution in [2.45, 2.75) is 20.3 Å². The highest BCUT2D eigenvalue weighted by atomic mass is 32.1. The van der Waals surface area contributed by atoms with E-state index in [4.69, 9.17) is 4.74 Å². The maximum absolute atomic E-state index is 12.0. The molecule has 24 heavy (non-hydrogen) atoms. The number of aromatic nitrogens is 1. The lowest BCUT2D eigenvalue weighted by Gasteiger charge is -2.06. The molecular formula is C16H17N3O4S.